The van der Waals surface area contributed by atoms with Gasteiger partial charge in [-0.25, -0.2) is 4.68 Å². The molecule has 3 aromatic carbocycles. The number of benzene rings is 3. The van der Waals surface area contributed by atoms with Crippen LogP contribution in [0, 0.1) is 6.92 Å². The van der Waals surface area contributed by atoms with E-state index in [1.54, 1.807) is 4.68 Å². The van der Waals surface area contributed by atoms with Crippen LogP contribution in [0.1, 0.15) is 29.2 Å². The Kier molecular flexibility index (Phi) is 3.95. The number of fused-ring (bicyclic) bond motifs is 3. The lowest BCUT2D eigenvalue weighted by atomic mass is 9.83. The van der Waals surface area contributed by atoms with Crippen LogP contribution in [0.25, 0.3) is 16.5 Å². The third-order valence-electron chi connectivity index (χ3n) is 5.39. The van der Waals surface area contributed by atoms with Crippen molar-refractivity contribution < 1.29 is 4.79 Å². The van der Waals surface area contributed by atoms with Gasteiger partial charge in [-0.3, -0.25) is 4.79 Å². The first kappa shape index (κ1) is 17.0. The van der Waals surface area contributed by atoms with Crippen LogP contribution in [0.2, 0.25) is 5.15 Å². The summed E-state index contributed by atoms with van der Waals surface area (Å²) in [6.45, 7) is 1.95. The Bertz CT molecular complexity index is 1210. The zero-order valence-corrected chi connectivity index (χ0v) is 16.1. The van der Waals surface area contributed by atoms with Gasteiger partial charge in [0.15, 0.2) is 0 Å². The molecule has 1 unspecified atom stereocenters. The molecule has 4 aromatic rings. The van der Waals surface area contributed by atoms with E-state index in [2.05, 4.69) is 28.6 Å². The molecule has 0 bridgehead atoms. The summed E-state index contributed by atoms with van der Waals surface area (Å²) < 4.78 is 1.75. The van der Waals surface area contributed by atoms with Gasteiger partial charge in [0.25, 0.3) is 0 Å². The summed E-state index contributed by atoms with van der Waals surface area (Å²) >= 11 is 6.80. The highest BCUT2D eigenvalue weighted by molar-refractivity contribution is 6.31. The number of hydrogen-bond donors (Lipinski definition) is 1. The number of carbonyl (C=O) groups is 1. The first-order chi connectivity index (χ1) is 13.6. The molecule has 4 nitrogen and oxygen atoms in total. The van der Waals surface area contributed by atoms with Crippen molar-refractivity contribution in [1.29, 1.82) is 0 Å². The molecule has 5 rings (SSSR count). The van der Waals surface area contributed by atoms with Crippen LogP contribution in [-0.2, 0) is 4.79 Å². The van der Waals surface area contributed by atoms with Crippen molar-refractivity contribution >= 4 is 34.0 Å². The molecule has 28 heavy (non-hydrogen) atoms. The maximum Gasteiger partial charge on any atom is 0.225 e. The highest BCUT2D eigenvalue weighted by atomic mass is 35.5. The van der Waals surface area contributed by atoms with Gasteiger partial charge in [-0.2, -0.15) is 5.10 Å². The number of nitrogens with zero attached hydrogens (tertiary/aromatic N) is 2. The molecule has 5 heteroatoms. The molecule has 1 aromatic heterocycles. The molecular formula is C23H18ClN3O. The summed E-state index contributed by atoms with van der Waals surface area (Å²) in [6, 6.07) is 22.1. The molecular weight excluding hydrogens is 370 g/mol. The smallest absolute Gasteiger partial charge is 0.225 e. The lowest BCUT2D eigenvalue weighted by Gasteiger charge is -2.27. The van der Waals surface area contributed by atoms with Gasteiger partial charge in [0, 0.05) is 23.3 Å². The van der Waals surface area contributed by atoms with E-state index in [1.807, 2.05) is 55.5 Å². The zero-order chi connectivity index (χ0) is 19.3. The Morgan fingerprint density at radius 1 is 1.04 bits per heavy atom. The minimum Gasteiger partial charge on any atom is -0.325 e. The largest absolute Gasteiger partial charge is 0.325 e. The number of rotatable bonds is 2. The van der Waals surface area contributed by atoms with Gasteiger partial charge in [0.1, 0.15) is 5.15 Å². The molecule has 2 heterocycles. The predicted octanol–water partition coefficient (Wildman–Crippen LogP) is 5.46. The van der Waals surface area contributed by atoms with Gasteiger partial charge in [0.2, 0.25) is 5.91 Å². The summed E-state index contributed by atoms with van der Waals surface area (Å²) in [7, 11) is 0. The minimum absolute atomic E-state index is 0.00298. The number of nitrogens with one attached hydrogen (secondary N) is 1. The number of aryl methyl sites for hydroxylation is 1. The number of amides is 1. The van der Waals surface area contributed by atoms with Crippen LogP contribution >= 0.6 is 11.6 Å². The molecule has 0 radical (unpaired) electrons. The summed E-state index contributed by atoms with van der Waals surface area (Å²) in [6.07, 6.45) is 0.354. The molecule has 1 amide bonds. The van der Waals surface area contributed by atoms with E-state index in [0.717, 1.165) is 39.0 Å². The molecule has 138 valence electrons. The van der Waals surface area contributed by atoms with E-state index >= 15 is 0 Å². The van der Waals surface area contributed by atoms with Crippen molar-refractivity contribution in [3.8, 4) is 5.69 Å². The maximum atomic E-state index is 12.6. The highest BCUT2D eigenvalue weighted by Crippen LogP contribution is 2.44. The maximum absolute atomic E-state index is 12.6. The average Bonchev–Trinajstić information content (AvgIpc) is 3.02. The average molecular weight is 388 g/mol. The summed E-state index contributed by atoms with van der Waals surface area (Å²) in [5.74, 6) is -0.130. The fourth-order valence-electron chi connectivity index (χ4n) is 4.11. The number of halogens is 1. The fourth-order valence-corrected chi connectivity index (χ4v) is 4.51. The van der Waals surface area contributed by atoms with Gasteiger partial charge in [-0.1, -0.05) is 66.2 Å². The highest BCUT2D eigenvalue weighted by Gasteiger charge is 2.32. The summed E-state index contributed by atoms with van der Waals surface area (Å²) in [4.78, 5) is 12.6. The second-order valence-corrected chi connectivity index (χ2v) is 7.45. The van der Waals surface area contributed by atoms with Gasteiger partial charge < -0.3 is 5.32 Å². The number of carbonyl (C=O) groups excluding carboxylic acids is 1. The van der Waals surface area contributed by atoms with Crippen molar-refractivity contribution in [3.63, 3.8) is 0 Å². The molecule has 1 N–H and O–H groups in total. The molecule has 0 fully saturated rings. The minimum atomic E-state index is -0.127. The lowest BCUT2D eigenvalue weighted by Crippen LogP contribution is -2.24. The molecule has 0 aliphatic carbocycles. The van der Waals surface area contributed by atoms with Crippen LogP contribution in [0.5, 0.6) is 0 Å². The molecule has 0 saturated carbocycles. The number of anilines is 1. The van der Waals surface area contributed by atoms with Crippen LogP contribution in [0.15, 0.2) is 66.7 Å². The molecule has 1 aliphatic rings. The van der Waals surface area contributed by atoms with Gasteiger partial charge in [-0.05, 0) is 30.0 Å². The van der Waals surface area contributed by atoms with Gasteiger partial charge in [0.05, 0.1) is 17.1 Å². The van der Waals surface area contributed by atoms with Crippen molar-refractivity contribution in [2.75, 3.05) is 5.32 Å². The normalized spacial score (nSPS) is 16.1. The van der Waals surface area contributed by atoms with Crippen LogP contribution in [0.4, 0.5) is 5.69 Å². The monoisotopic (exact) mass is 387 g/mol. The topological polar surface area (TPSA) is 46.9 Å². The van der Waals surface area contributed by atoms with Crippen molar-refractivity contribution in [2.45, 2.75) is 19.3 Å². The molecule has 0 spiro atoms. The van der Waals surface area contributed by atoms with E-state index in [-0.39, 0.29) is 11.8 Å². The van der Waals surface area contributed by atoms with Crippen LogP contribution < -0.4 is 5.32 Å². The SMILES string of the molecule is Cc1nn(-c2ccccc2)c(Cl)c1C1CC(=O)Nc2c1ccc1ccccc21. The second-order valence-electron chi connectivity index (χ2n) is 7.09. The van der Waals surface area contributed by atoms with Gasteiger partial charge >= 0.3 is 0 Å². The van der Waals surface area contributed by atoms with Crippen molar-refractivity contribution in [1.82, 2.24) is 9.78 Å². The number of aromatic nitrogens is 2. The van der Waals surface area contributed by atoms with E-state index in [0.29, 0.717) is 11.6 Å². The Balaban J connectivity index is 1.71. The van der Waals surface area contributed by atoms with E-state index in [4.69, 9.17) is 11.6 Å². The number of hydrogen-bond acceptors (Lipinski definition) is 2. The Morgan fingerprint density at radius 2 is 1.79 bits per heavy atom. The van der Waals surface area contributed by atoms with Crippen molar-refractivity contribution in [2.24, 2.45) is 0 Å². The molecule has 1 atom stereocenters. The Hall–Kier alpha value is -3.11. The van der Waals surface area contributed by atoms with E-state index in [1.165, 1.54) is 0 Å². The standard InChI is InChI=1S/C23H18ClN3O/c1-14-21(23(24)27(26-14)16-8-3-2-4-9-16)19-13-20(28)25-22-17-10-6-5-7-15(17)11-12-18(19)22/h2-12,19H,13H2,1H3,(H,25,28). The van der Waals surface area contributed by atoms with Crippen LogP contribution in [0.3, 0.4) is 0 Å². The van der Waals surface area contributed by atoms with E-state index in [9.17, 15) is 4.79 Å². The van der Waals surface area contributed by atoms with Crippen molar-refractivity contribution in [3.05, 3.63) is 88.7 Å². The van der Waals surface area contributed by atoms with Crippen LogP contribution in [-0.4, -0.2) is 15.7 Å². The zero-order valence-electron chi connectivity index (χ0n) is 15.3. The summed E-state index contributed by atoms with van der Waals surface area (Å²) in [5.41, 5.74) is 4.61. The molecule has 0 saturated heterocycles. The third kappa shape index (κ3) is 2.60. The van der Waals surface area contributed by atoms with E-state index < -0.39 is 0 Å². The fraction of sp³-hybridized carbons (Fsp3) is 0.130. The van der Waals surface area contributed by atoms with Gasteiger partial charge in [-0.15, -0.1) is 0 Å². The summed E-state index contributed by atoms with van der Waals surface area (Å²) in [5, 5.41) is 10.4. The Morgan fingerprint density at radius 3 is 2.61 bits per heavy atom. The lowest BCUT2D eigenvalue weighted by molar-refractivity contribution is -0.116. The third-order valence-corrected chi connectivity index (χ3v) is 5.75. The Labute approximate surface area is 167 Å². The number of para-hydroxylation sites is 1. The first-order valence-electron chi connectivity index (χ1n) is 9.25. The molecule has 1 aliphatic heterocycles. The quantitative estimate of drug-likeness (QED) is 0.496. The predicted molar refractivity (Wildman–Crippen MR) is 112 cm³/mol. The second kappa shape index (κ2) is 6.50. The first-order valence-corrected chi connectivity index (χ1v) is 9.63.